The summed E-state index contributed by atoms with van der Waals surface area (Å²) in [6.07, 6.45) is 2.77. The molecule has 0 amide bonds. The van der Waals surface area contributed by atoms with Crippen LogP contribution in [0.1, 0.15) is 24.2 Å². The van der Waals surface area contributed by atoms with E-state index in [1.807, 2.05) is 31.4 Å². The third kappa shape index (κ3) is 3.34. The minimum absolute atomic E-state index is 0.00105. The van der Waals surface area contributed by atoms with Crippen LogP contribution in [0.3, 0.4) is 0 Å². The fourth-order valence-corrected chi connectivity index (χ4v) is 2.62. The Bertz CT molecular complexity index is 600. The van der Waals surface area contributed by atoms with Crippen LogP contribution in [0.5, 0.6) is 0 Å². The van der Waals surface area contributed by atoms with Gasteiger partial charge < -0.3 is 10.4 Å². The molecule has 1 unspecified atom stereocenters. The van der Waals surface area contributed by atoms with Crippen molar-refractivity contribution in [3.63, 3.8) is 0 Å². The van der Waals surface area contributed by atoms with E-state index in [0.717, 1.165) is 27.8 Å². The molecule has 0 fully saturated rings. The summed E-state index contributed by atoms with van der Waals surface area (Å²) >= 11 is 9.38. The van der Waals surface area contributed by atoms with E-state index in [0.29, 0.717) is 5.02 Å². The van der Waals surface area contributed by atoms with Crippen LogP contribution in [0.25, 0.3) is 0 Å². The maximum Gasteiger partial charge on any atom is 0.0778 e. The van der Waals surface area contributed by atoms with Crippen LogP contribution in [-0.2, 0) is 13.5 Å². The number of anilines is 1. The van der Waals surface area contributed by atoms with Crippen molar-refractivity contribution in [3.8, 4) is 0 Å². The lowest BCUT2D eigenvalue weighted by molar-refractivity contribution is 0.276. The molecule has 0 spiro atoms. The van der Waals surface area contributed by atoms with Crippen molar-refractivity contribution in [1.29, 1.82) is 0 Å². The van der Waals surface area contributed by atoms with E-state index < -0.39 is 0 Å². The number of aryl methyl sites for hydroxylation is 2. The van der Waals surface area contributed by atoms with Crippen LogP contribution < -0.4 is 5.32 Å². The summed E-state index contributed by atoms with van der Waals surface area (Å²) < 4.78 is 2.60. The van der Waals surface area contributed by atoms with Gasteiger partial charge in [-0.25, -0.2) is 0 Å². The Morgan fingerprint density at radius 3 is 2.85 bits per heavy atom. The lowest BCUT2D eigenvalue weighted by atomic mass is 10.1. The van der Waals surface area contributed by atoms with E-state index in [2.05, 4.69) is 33.3 Å². The van der Waals surface area contributed by atoms with Gasteiger partial charge in [0.2, 0.25) is 0 Å². The van der Waals surface area contributed by atoms with Gasteiger partial charge in [-0.15, -0.1) is 0 Å². The van der Waals surface area contributed by atoms with Crippen molar-refractivity contribution in [2.24, 2.45) is 7.05 Å². The zero-order valence-electron chi connectivity index (χ0n) is 11.4. The van der Waals surface area contributed by atoms with Gasteiger partial charge in [-0.1, -0.05) is 18.5 Å². The van der Waals surface area contributed by atoms with Crippen molar-refractivity contribution in [1.82, 2.24) is 9.78 Å². The molecule has 1 aromatic carbocycles. The molecule has 0 aliphatic heterocycles. The molecule has 0 bridgehead atoms. The first-order valence-corrected chi connectivity index (χ1v) is 7.57. The largest absolute Gasteiger partial charge is 0.394 e. The average molecular weight is 359 g/mol. The van der Waals surface area contributed by atoms with Crippen LogP contribution in [-0.4, -0.2) is 21.5 Å². The Hall–Kier alpha value is -1.04. The third-order valence-corrected chi connectivity index (χ3v) is 4.30. The lowest BCUT2D eigenvalue weighted by Crippen LogP contribution is -2.15. The highest BCUT2D eigenvalue weighted by molar-refractivity contribution is 9.10. The van der Waals surface area contributed by atoms with Gasteiger partial charge in [0.15, 0.2) is 0 Å². The Balaban J connectivity index is 2.26. The number of aromatic nitrogens is 2. The second kappa shape index (κ2) is 6.61. The molecule has 0 saturated carbocycles. The minimum atomic E-state index is -0.188. The van der Waals surface area contributed by atoms with Gasteiger partial charge in [0.05, 0.1) is 23.4 Å². The predicted octanol–water partition coefficient (Wildman–Crippen LogP) is 3.54. The normalized spacial score (nSPS) is 12.4. The van der Waals surface area contributed by atoms with E-state index in [1.165, 1.54) is 0 Å². The first kappa shape index (κ1) is 15.4. The van der Waals surface area contributed by atoms with E-state index in [-0.39, 0.29) is 12.6 Å². The minimum Gasteiger partial charge on any atom is -0.394 e. The smallest absolute Gasteiger partial charge is 0.0778 e. The molecule has 20 heavy (non-hydrogen) atoms. The molecule has 2 N–H and O–H groups in total. The van der Waals surface area contributed by atoms with Gasteiger partial charge in [0, 0.05) is 29.0 Å². The lowest BCUT2D eigenvalue weighted by Gasteiger charge is -2.18. The number of aliphatic hydroxyl groups excluding tert-OH is 1. The van der Waals surface area contributed by atoms with Gasteiger partial charge in [-0.3, -0.25) is 4.68 Å². The Morgan fingerprint density at radius 1 is 1.50 bits per heavy atom. The second-order valence-corrected chi connectivity index (χ2v) is 5.83. The van der Waals surface area contributed by atoms with Crippen LogP contribution in [0.15, 0.2) is 28.9 Å². The topological polar surface area (TPSA) is 50.1 Å². The van der Waals surface area contributed by atoms with Crippen molar-refractivity contribution in [2.45, 2.75) is 19.4 Å². The summed E-state index contributed by atoms with van der Waals surface area (Å²) in [6.45, 7) is 2.05. The second-order valence-electron chi connectivity index (χ2n) is 4.57. The first-order chi connectivity index (χ1) is 9.55. The molecule has 2 aromatic rings. The Labute approximate surface area is 131 Å². The molecule has 4 nitrogen and oxygen atoms in total. The van der Waals surface area contributed by atoms with Gasteiger partial charge in [0.25, 0.3) is 0 Å². The first-order valence-electron chi connectivity index (χ1n) is 6.40. The maximum absolute atomic E-state index is 9.66. The third-order valence-electron chi connectivity index (χ3n) is 3.09. The van der Waals surface area contributed by atoms with E-state index in [4.69, 9.17) is 11.6 Å². The number of benzene rings is 1. The van der Waals surface area contributed by atoms with Gasteiger partial charge >= 0.3 is 0 Å². The Morgan fingerprint density at radius 2 is 2.25 bits per heavy atom. The fraction of sp³-hybridized carbons (Fsp3) is 0.357. The highest BCUT2D eigenvalue weighted by atomic mass is 79.9. The van der Waals surface area contributed by atoms with Gasteiger partial charge in [-0.2, -0.15) is 5.10 Å². The molecule has 0 saturated heterocycles. The summed E-state index contributed by atoms with van der Waals surface area (Å²) in [5.74, 6) is 0. The number of rotatable bonds is 5. The molecule has 0 aliphatic rings. The molecule has 0 aliphatic carbocycles. The zero-order chi connectivity index (χ0) is 14.7. The number of nitrogens with one attached hydrogen (secondary N) is 1. The SMILES string of the molecule is CCc1nn(C)cc1C(CO)Nc1ccc(Cl)c(Br)c1. The van der Waals surface area contributed by atoms with Crippen molar-refractivity contribution >= 4 is 33.2 Å². The summed E-state index contributed by atoms with van der Waals surface area (Å²) in [7, 11) is 1.88. The highest BCUT2D eigenvalue weighted by Crippen LogP contribution is 2.28. The van der Waals surface area contributed by atoms with Crippen LogP contribution in [0.4, 0.5) is 5.69 Å². The standard InChI is InChI=1S/C14H17BrClN3O/c1-3-13-10(7-19(2)18-13)14(8-20)17-9-4-5-12(16)11(15)6-9/h4-7,14,17,20H,3,8H2,1-2H3. The van der Waals surface area contributed by atoms with Crippen LogP contribution in [0, 0.1) is 0 Å². The van der Waals surface area contributed by atoms with E-state index in [1.54, 1.807) is 4.68 Å². The number of halogens is 2. The summed E-state index contributed by atoms with van der Waals surface area (Å²) in [5.41, 5.74) is 2.90. The van der Waals surface area contributed by atoms with E-state index >= 15 is 0 Å². The van der Waals surface area contributed by atoms with Crippen LogP contribution >= 0.6 is 27.5 Å². The number of hydrogen-bond acceptors (Lipinski definition) is 3. The molecular formula is C14H17BrClN3O. The average Bonchev–Trinajstić information content (AvgIpc) is 2.81. The zero-order valence-corrected chi connectivity index (χ0v) is 13.7. The Kier molecular flexibility index (Phi) is 5.07. The highest BCUT2D eigenvalue weighted by Gasteiger charge is 2.17. The summed E-state index contributed by atoms with van der Waals surface area (Å²) in [5, 5.41) is 18.0. The molecule has 2 rings (SSSR count). The van der Waals surface area contributed by atoms with Crippen molar-refractivity contribution in [3.05, 3.63) is 45.1 Å². The molecule has 1 heterocycles. The van der Waals surface area contributed by atoms with Crippen LogP contribution in [0.2, 0.25) is 5.02 Å². The predicted molar refractivity (Wildman–Crippen MR) is 85.2 cm³/mol. The quantitative estimate of drug-likeness (QED) is 0.859. The van der Waals surface area contributed by atoms with Gasteiger partial charge in [0.1, 0.15) is 0 Å². The molecule has 108 valence electrons. The van der Waals surface area contributed by atoms with Crippen molar-refractivity contribution in [2.75, 3.05) is 11.9 Å². The number of aliphatic hydroxyl groups is 1. The molecule has 6 heteroatoms. The molecule has 1 atom stereocenters. The van der Waals surface area contributed by atoms with Crippen molar-refractivity contribution < 1.29 is 5.11 Å². The molecule has 1 aromatic heterocycles. The molecule has 0 radical (unpaired) electrons. The van der Waals surface area contributed by atoms with Gasteiger partial charge in [-0.05, 0) is 40.5 Å². The fourth-order valence-electron chi connectivity index (χ4n) is 2.13. The summed E-state index contributed by atoms with van der Waals surface area (Å²) in [6, 6.07) is 5.41. The number of hydrogen-bond donors (Lipinski definition) is 2. The van der Waals surface area contributed by atoms with E-state index in [9.17, 15) is 5.11 Å². The maximum atomic E-state index is 9.66. The monoisotopic (exact) mass is 357 g/mol. The summed E-state index contributed by atoms with van der Waals surface area (Å²) in [4.78, 5) is 0. The molecular weight excluding hydrogens is 342 g/mol. The number of nitrogens with zero attached hydrogens (tertiary/aromatic N) is 2.